The van der Waals surface area contributed by atoms with E-state index in [1.54, 1.807) is 13.1 Å². The van der Waals surface area contributed by atoms with Crippen LogP contribution in [0.1, 0.15) is 12.8 Å². The average molecular weight is 238 g/mol. The third-order valence-corrected chi connectivity index (χ3v) is 1.93. The Morgan fingerprint density at radius 1 is 1.50 bits per heavy atom. The van der Waals surface area contributed by atoms with Crippen molar-refractivity contribution in [3.63, 3.8) is 0 Å². The molecule has 0 aromatic carbocycles. The van der Waals surface area contributed by atoms with Crippen molar-refractivity contribution in [2.45, 2.75) is 19.0 Å². The summed E-state index contributed by atoms with van der Waals surface area (Å²) in [6.07, 6.45) is -0.986. The van der Waals surface area contributed by atoms with E-state index in [2.05, 4.69) is 11.9 Å². The quantitative estimate of drug-likeness (QED) is 0.539. The predicted molar refractivity (Wildman–Crippen MR) is 56.0 cm³/mol. The van der Waals surface area contributed by atoms with E-state index in [-0.39, 0.29) is 12.5 Å². The number of halogens is 3. The first-order chi connectivity index (χ1) is 7.37. The first-order valence-corrected chi connectivity index (χ1v) is 4.99. The summed E-state index contributed by atoms with van der Waals surface area (Å²) in [7, 11) is 1.57. The van der Waals surface area contributed by atoms with E-state index in [1.165, 1.54) is 4.90 Å². The van der Waals surface area contributed by atoms with Gasteiger partial charge in [0.15, 0.2) is 0 Å². The number of carbonyl (C=O) groups is 1. The van der Waals surface area contributed by atoms with E-state index < -0.39 is 12.7 Å². The Bertz CT molecular complexity index is 229. The van der Waals surface area contributed by atoms with Gasteiger partial charge in [-0.2, -0.15) is 13.2 Å². The van der Waals surface area contributed by atoms with Crippen LogP contribution in [0.15, 0.2) is 12.7 Å². The zero-order chi connectivity index (χ0) is 12.6. The highest BCUT2D eigenvalue weighted by atomic mass is 19.4. The van der Waals surface area contributed by atoms with Crippen molar-refractivity contribution in [2.24, 2.45) is 0 Å². The van der Waals surface area contributed by atoms with Crippen LogP contribution in [0.3, 0.4) is 0 Å². The number of hydrogen-bond donors (Lipinski definition) is 1. The molecule has 3 nitrogen and oxygen atoms in total. The highest BCUT2D eigenvalue weighted by Crippen LogP contribution is 2.11. The second-order valence-electron chi connectivity index (χ2n) is 3.46. The average Bonchev–Trinajstić information content (AvgIpc) is 2.15. The van der Waals surface area contributed by atoms with Crippen LogP contribution in [-0.2, 0) is 4.79 Å². The SMILES string of the molecule is C=CCCCN(C)C(=O)CNCC(F)(F)F. The number of unbranched alkanes of at least 4 members (excludes halogenated alkanes) is 1. The Morgan fingerprint density at radius 2 is 2.12 bits per heavy atom. The molecule has 0 rings (SSSR count). The van der Waals surface area contributed by atoms with Gasteiger partial charge >= 0.3 is 6.18 Å². The molecule has 0 unspecified atom stereocenters. The van der Waals surface area contributed by atoms with Crippen molar-refractivity contribution in [1.82, 2.24) is 10.2 Å². The highest BCUT2D eigenvalue weighted by Gasteiger charge is 2.26. The Hall–Kier alpha value is -1.04. The van der Waals surface area contributed by atoms with Crippen LogP contribution in [0.5, 0.6) is 0 Å². The third kappa shape index (κ3) is 8.28. The molecule has 0 radical (unpaired) electrons. The number of nitrogens with one attached hydrogen (secondary N) is 1. The molecule has 0 fully saturated rings. The Kier molecular flexibility index (Phi) is 6.80. The number of carbonyl (C=O) groups excluding carboxylic acids is 1. The van der Waals surface area contributed by atoms with Gasteiger partial charge in [-0.05, 0) is 12.8 Å². The molecule has 0 saturated heterocycles. The van der Waals surface area contributed by atoms with Crippen molar-refractivity contribution in [1.29, 1.82) is 0 Å². The summed E-state index contributed by atoms with van der Waals surface area (Å²) in [5.41, 5.74) is 0. The molecule has 0 aliphatic carbocycles. The summed E-state index contributed by atoms with van der Waals surface area (Å²) < 4.78 is 35.3. The third-order valence-electron chi connectivity index (χ3n) is 1.93. The van der Waals surface area contributed by atoms with E-state index in [0.29, 0.717) is 6.54 Å². The van der Waals surface area contributed by atoms with Crippen LogP contribution in [-0.4, -0.2) is 43.7 Å². The minimum absolute atomic E-state index is 0.288. The van der Waals surface area contributed by atoms with Crippen molar-refractivity contribution >= 4 is 5.91 Å². The Labute approximate surface area is 93.3 Å². The van der Waals surface area contributed by atoms with Crippen LogP contribution >= 0.6 is 0 Å². The number of amides is 1. The van der Waals surface area contributed by atoms with Gasteiger partial charge in [0.25, 0.3) is 0 Å². The minimum atomic E-state index is -4.28. The molecule has 0 aliphatic rings. The molecule has 94 valence electrons. The molecule has 0 saturated carbocycles. The zero-order valence-corrected chi connectivity index (χ0v) is 9.31. The van der Waals surface area contributed by atoms with Crippen molar-refractivity contribution < 1.29 is 18.0 Å². The molecule has 0 aliphatic heterocycles. The molecule has 0 bridgehead atoms. The number of alkyl halides is 3. The molecule has 6 heteroatoms. The summed E-state index contributed by atoms with van der Waals surface area (Å²) in [5, 5.41) is 2.06. The molecule has 0 aromatic heterocycles. The van der Waals surface area contributed by atoms with Gasteiger partial charge in [-0.15, -0.1) is 6.58 Å². The fourth-order valence-electron chi connectivity index (χ4n) is 1.04. The van der Waals surface area contributed by atoms with E-state index in [0.717, 1.165) is 12.8 Å². The first kappa shape index (κ1) is 15.0. The standard InChI is InChI=1S/C10H17F3N2O/c1-3-4-5-6-15(2)9(16)7-14-8-10(11,12)13/h3,14H,1,4-8H2,2H3. The van der Waals surface area contributed by atoms with E-state index >= 15 is 0 Å². The lowest BCUT2D eigenvalue weighted by molar-refractivity contribution is -0.133. The summed E-state index contributed by atoms with van der Waals surface area (Å²) >= 11 is 0. The fourth-order valence-corrected chi connectivity index (χ4v) is 1.04. The molecule has 1 N–H and O–H groups in total. The summed E-state index contributed by atoms with van der Waals surface area (Å²) in [4.78, 5) is 12.7. The molecule has 0 atom stereocenters. The van der Waals surface area contributed by atoms with E-state index in [4.69, 9.17) is 0 Å². The second-order valence-corrected chi connectivity index (χ2v) is 3.46. The number of hydrogen-bond acceptors (Lipinski definition) is 2. The molecule has 0 aromatic rings. The van der Waals surface area contributed by atoms with Crippen molar-refractivity contribution in [3.05, 3.63) is 12.7 Å². The predicted octanol–water partition coefficient (Wildman–Crippen LogP) is 1.56. The van der Waals surface area contributed by atoms with Crippen LogP contribution in [0.2, 0.25) is 0 Å². The number of likely N-dealkylation sites (N-methyl/N-ethyl adjacent to an activating group) is 1. The first-order valence-electron chi connectivity index (χ1n) is 4.99. The van der Waals surface area contributed by atoms with Crippen molar-refractivity contribution in [2.75, 3.05) is 26.7 Å². The van der Waals surface area contributed by atoms with Gasteiger partial charge in [-0.3, -0.25) is 4.79 Å². The van der Waals surface area contributed by atoms with Crippen LogP contribution in [0.25, 0.3) is 0 Å². The Balaban J connectivity index is 3.67. The maximum Gasteiger partial charge on any atom is 0.401 e. The lowest BCUT2D eigenvalue weighted by Crippen LogP contribution is -2.39. The summed E-state index contributed by atoms with van der Waals surface area (Å²) in [6.45, 7) is 2.64. The molecular formula is C10H17F3N2O. The maximum atomic E-state index is 11.8. The maximum absolute atomic E-state index is 11.8. The fraction of sp³-hybridized carbons (Fsp3) is 0.700. The van der Waals surface area contributed by atoms with Crippen molar-refractivity contribution in [3.8, 4) is 0 Å². The monoisotopic (exact) mass is 238 g/mol. The van der Waals surface area contributed by atoms with Gasteiger partial charge in [0.2, 0.25) is 5.91 Å². The summed E-state index contributed by atoms with van der Waals surface area (Å²) in [5.74, 6) is -0.340. The van der Waals surface area contributed by atoms with E-state index in [1.807, 2.05) is 0 Å². The zero-order valence-electron chi connectivity index (χ0n) is 9.31. The van der Waals surface area contributed by atoms with Gasteiger partial charge in [-0.25, -0.2) is 0 Å². The van der Waals surface area contributed by atoms with Gasteiger partial charge < -0.3 is 10.2 Å². The normalized spacial score (nSPS) is 11.2. The summed E-state index contributed by atoms with van der Waals surface area (Å²) in [6, 6.07) is 0. The molecule has 0 spiro atoms. The molecular weight excluding hydrogens is 221 g/mol. The van der Waals surface area contributed by atoms with Gasteiger partial charge in [0.1, 0.15) is 0 Å². The highest BCUT2D eigenvalue weighted by molar-refractivity contribution is 5.77. The van der Waals surface area contributed by atoms with Gasteiger partial charge in [0, 0.05) is 13.6 Å². The number of rotatable bonds is 7. The number of nitrogens with zero attached hydrogens (tertiary/aromatic N) is 1. The van der Waals surface area contributed by atoms with Crippen LogP contribution in [0.4, 0.5) is 13.2 Å². The number of allylic oxidation sites excluding steroid dienone is 1. The molecule has 1 amide bonds. The minimum Gasteiger partial charge on any atom is -0.345 e. The molecule has 0 heterocycles. The smallest absolute Gasteiger partial charge is 0.345 e. The van der Waals surface area contributed by atoms with Gasteiger partial charge in [-0.1, -0.05) is 6.08 Å². The second kappa shape index (κ2) is 7.27. The van der Waals surface area contributed by atoms with Crippen LogP contribution < -0.4 is 5.32 Å². The molecule has 16 heavy (non-hydrogen) atoms. The lowest BCUT2D eigenvalue weighted by Gasteiger charge is -2.17. The lowest BCUT2D eigenvalue weighted by atomic mass is 10.3. The topological polar surface area (TPSA) is 32.3 Å². The Morgan fingerprint density at radius 3 is 2.62 bits per heavy atom. The van der Waals surface area contributed by atoms with Crippen LogP contribution in [0, 0.1) is 0 Å². The van der Waals surface area contributed by atoms with E-state index in [9.17, 15) is 18.0 Å². The largest absolute Gasteiger partial charge is 0.401 e. The van der Waals surface area contributed by atoms with Gasteiger partial charge in [0.05, 0.1) is 13.1 Å².